The van der Waals surface area contributed by atoms with Gasteiger partial charge in [-0.15, -0.1) is 0 Å². The van der Waals surface area contributed by atoms with E-state index in [0.717, 1.165) is 11.3 Å². The molecule has 0 radical (unpaired) electrons. The number of fused-ring (bicyclic) bond motifs is 5. The number of aromatic nitrogens is 4. The fourth-order valence-corrected chi connectivity index (χ4v) is 4.74. The second-order valence-corrected chi connectivity index (χ2v) is 8.28. The largest absolute Gasteiger partial charge is 0.314 e. The van der Waals surface area contributed by atoms with Gasteiger partial charge in [0.2, 0.25) is 0 Å². The summed E-state index contributed by atoms with van der Waals surface area (Å²) in [6.07, 6.45) is 9.39. The van der Waals surface area contributed by atoms with E-state index in [-0.39, 0.29) is 5.41 Å². The Morgan fingerprint density at radius 1 is 0.800 bits per heavy atom. The van der Waals surface area contributed by atoms with Crippen LogP contribution >= 0.6 is 0 Å². The second kappa shape index (κ2) is 6.10. The van der Waals surface area contributed by atoms with Gasteiger partial charge in [-0.05, 0) is 46.5 Å². The SMILES string of the molecule is CC1(C)c2ccccc2-c2c1ccc1c2ccn1-c1cnc(-c2ccncc2)nc1. The van der Waals surface area contributed by atoms with Gasteiger partial charge in [-0.1, -0.05) is 44.2 Å². The van der Waals surface area contributed by atoms with E-state index < -0.39 is 0 Å². The fraction of sp³-hybridized carbons (Fsp3) is 0.115. The summed E-state index contributed by atoms with van der Waals surface area (Å²) in [5.74, 6) is 0.703. The standard InChI is InChI=1S/C26H20N4/c1-26(2)21-6-4-3-5-19(21)24-20-11-14-30(23(20)8-7-22(24)26)18-15-28-25(29-16-18)17-9-12-27-13-10-17/h3-16H,1-2H3. The van der Waals surface area contributed by atoms with E-state index >= 15 is 0 Å². The molecular weight excluding hydrogens is 368 g/mol. The quantitative estimate of drug-likeness (QED) is 0.384. The van der Waals surface area contributed by atoms with Crippen LogP contribution in [0.2, 0.25) is 0 Å². The zero-order valence-electron chi connectivity index (χ0n) is 16.9. The van der Waals surface area contributed by atoms with Crippen molar-refractivity contribution in [2.24, 2.45) is 0 Å². The molecule has 4 heteroatoms. The van der Waals surface area contributed by atoms with Gasteiger partial charge in [0.1, 0.15) is 0 Å². The lowest BCUT2D eigenvalue weighted by molar-refractivity contribution is 0.661. The van der Waals surface area contributed by atoms with Crippen molar-refractivity contribution < 1.29 is 0 Å². The number of benzene rings is 2. The lowest BCUT2D eigenvalue weighted by atomic mass is 9.82. The van der Waals surface area contributed by atoms with Crippen LogP contribution in [0.15, 0.2) is 85.6 Å². The second-order valence-electron chi connectivity index (χ2n) is 8.28. The first kappa shape index (κ1) is 17.1. The predicted molar refractivity (Wildman–Crippen MR) is 120 cm³/mol. The molecule has 0 saturated heterocycles. The van der Waals surface area contributed by atoms with Crippen LogP contribution < -0.4 is 0 Å². The first-order valence-electron chi connectivity index (χ1n) is 10.1. The van der Waals surface area contributed by atoms with E-state index in [2.05, 4.69) is 82.0 Å². The first-order valence-corrected chi connectivity index (χ1v) is 10.1. The van der Waals surface area contributed by atoms with Crippen molar-refractivity contribution >= 4 is 10.9 Å². The van der Waals surface area contributed by atoms with E-state index in [4.69, 9.17) is 0 Å². The molecule has 2 aromatic carbocycles. The molecule has 0 bridgehead atoms. The number of hydrogen-bond donors (Lipinski definition) is 0. The molecule has 1 aliphatic carbocycles. The lowest BCUT2D eigenvalue weighted by Gasteiger charge is -2.21. The summed E-state index contributed by atoms with van der Waals surface area (Å²) in [6, 6.07) is 19.3. The Hall–Kier alpha value is -3.79. The zero-order chi connectivity index (χ0) is 20.3. The number of rotatable bonds is 2. The molecule has 0 spiro atoms. The third kappa shape index (κ3) is 2.31. The third-order valence-corrected chi connectivity index (χ3v) is 6.27. The topological polar surface area (TPSA) is 43.6 Å². The van der Waals surface area contributed by atoms with Gasteiger partial charge in [-0.2, -0.15) is 0 Å². The third-order valence-electron chi connectivity index (χ3n) is 6.27. The summed E-state index contributed by atoms with van der Waals surface area (Å²) in [5.41, 5.74) is 8.56. The molecule has 6 rings (SSSR count). The highest BCUT2D eigenvalue weighted by Crippen LogP contribution is 2.51. The summed E-state index contributed by atoms with van der Waals surface area (Å²) in [7, 11) is 0. The van der Waals surface area contributed by atoms with Gasteiger partial charge in [-0.3, -0.25) is 4.98 Å². The maximum absolute atomic E-state index is 4.58. The molecule has 3 aromatic heterocycles. The molecular formula is C26H20N4. The molecule has 3 heterocycles. The van der Waals surface area contributed by atoms with Crippen molar-refractivity contribution in [1.82, 2.24) is 19.5 Å². The van der Waals surface area contributed by atoms with Crippen molar-refractivity contribution in [2.45, 2.75) is 19.3 Å². The summed E-state index contributed by atoms with van der Waals surface area (Å²) < 4.78 is 2.17. The highest BCUT2D eigenvalue weighted by molar-refractivity contribution is 6.02. The Bertz CT molecular complexity index is 1400. The van der Waals surface area contributed by atoms with Gasteiger partial charge in [0.15, 0.2) is 5.82 Å². The minimum Gasteiger partial charge on any atom is -0.314 e. The molecule has 144 valence electrons. The summed E-state index contributed by atoms with van der Waals surface area (Å²) in [6.45, 7) is 4.62. The summed E-state index contributed by atoms with van der Waals surface area (Å²) in [5, 5.41) is 1.27. The van der Waals surface area contributed by atoms with Crippen molar-refractivity contribution in [1.29, 1.82) is 0 Å². The van der Waals surface area contributed by atoms with Gasteiger partial charge in [0.25, 0.3) is 0 Å². The molecule has 5 aromatic rings. The molecule has 0 saturated carbocycles. The van der Waals surface area contributed by atoms with Crippen molar-refractivity contribution in [3.8, 4) is 28.2 Å². The molecule has 0 aliphatic heterocycles. The average molecular weight is 388 g/mol. The minimum atomic E-state index is 0.0114. The number of hydrogen-bond acceptors (Lipinski definition) is 3. The normalized spacial score (nSPS) is 13.9. The van der Waals surface area contributed by atoms with Gasteiger partial charge in [-0.25, -0.2) is 9.97 Å². The van der Waals surface area contributed by atoms with Gasteiger partial charge in [0, 0.05) is 35.0 Å². The minimum absolute atomic E-state index is 0.0114. The monoisotopic (exact) mass is 388 g/mol. The van der Waals surface area contributed by atoms with Crippen LogP contribution in [0.1, 0.15) is 25.0 Å². The highest BCUT2D eigenvalue weighted by Gasteiger charge is 2.36. The van der Waals surface area contributed by atoms with Crippen LogP contribution in [0.3, 0.4) is 0 Å². The number of nitrogens with zero attached hydrogens (tertiary/aromatic N) is 4. The Morgan fingerprint density at radius 2 is 1.57 bits per heavy atom. The van der Waals surface area contributed by atoms with E-state index in [1.54, 1.807) is 12.4 Å². The van der Waals surface area contributed by atoms with Crippen LogP contribution in [0.4, 0.5) is 0 Å². The molecule has 1 aliphatic rings. The molecule has 0 fully saturated rings. The van der Waals surface area contributed by atoms with E-state index in [1.165, 1.54) is 33.2 Å². The van der Waals surface area contributed by atoms with Crippen LogP contribution in [0.25, 0.3) is 39.1 Å². The maximum atomic E-state index is 4.58. The summed E-state index contributed by atoms with van der Waals surface area (Å²) >= 11 is 0. The Morgan fingerprint density at radius 3 is 2.37 bits per heavy atom. The van der Waals surface area contributed by atoms with Gasteiger partial charge in [0.05, 0.1) is 23.6 Å². The predicted octanol–water partition coefficient (Wildman–Crippen LogP) is 5.79. The Labute approximate surface area is 174 Å². The van der Waals surface area contributed by atoms with E-state index in [0.29, 0.717) is 5.82 Å². The van der Waals surface area contributed by atoms with Crippen LogP contribution in [-0.4, -0.2) is 19.5 Å². The molecule has 30 heavy (non-hydrogen) atoms. The van der Waals surface area contributed by atoms with Crippen molar-refractivity contribution in [3.63, 3.8) is 0 Å². The maximum Gasteiger partial charge on any atom is 0.159 e. The Balaban J connectivity index is 1.50. The fourth-order valence-electron chi connectivity index (χ4n) is 4.74. The molecule has 0 N–H and O–H groups in total. The van der Waals surface area contributed by atoms with Crippen molar-refractivity contribution in [3.05, 3.63) is 96.7 Å². The highest BCUT2D eigenvalue weighted by atomic mass is 15.0. The van der Waals surface area contributed by atoms with Crippen LogP contribution in [-0.2, 0) is 5.41 Å². The van der Waals surface area contributed by atoms with Crippen LogP contribution in [0.5, 0.6) is 0 Å². The zero-order valence-corrected chi connectivity index (χ0v) is 16.9. The molecule has 0 unspecified atom stereocenters. The van der Waals surface area contributed by atoms with Crippen LogP contribution in [0, 0.1) is 0 Å². The van der Waals surface area contributed by atoms with E-state index in [1.807, 2.05) is 24.5 Å². The smallest absolute Gasteiger partial charge is 0.159 e. The molecule has 0 amide bonds. The van der Waals surface area contributed by atoms with Gasteiger partial charge >= 0.3 is 0 Å². The molecule has 0 atom stereocenters. The summed E-state index contributed by atoms with van der Waals surface area (Å²) in [4.78, 5) is 13.2. The Kier molecular flexibility index (Phi) is 3.48. The average Bonchev–Trinajstić information content (AvgIpc) is 3.32. The lowest BCUT2D eigenvalue weighted by Crippen LogP contribution is -2.14. The van der Waals surface area contributed by atoms with E-state index in [9.17, 15) is 0 Å². The number of pyridine rings is 1. The van der Waals surface area contributed by atoms with Gasteiger partial charge < -0.3 is 4.57 Å². The van der Waals surface area contributed by atoms with Crippen molar-refractivity contribution in [2.75, 3.05) is 0 Å². The molecule has 4 nitrogen and oxygen atoms in total. The first-order chi connectivity index (χ1) is 14.6.